The van der Waals surface area contributed by atoms with Crippen molar-refractivity contribution in [1.82, 2.24) is 0 Å². The first-order valence-corrected chi connectivity index (χ1v) is 4.96. The van der Waals surface area contributed by atoms with E-state index in [2.05, 4.69) is 5.18 Å². The molecule has 0 spiro atoms. The van der Waals surface area contributed by atoms with E-state index in [1.165, 1.54) is 19.2 Å². The van der Waals surface area contributed by atoms with Crippen molar-refractivity contribution in [3.8, 4) is 0 Å². The van der Waals surface area contributed by atoms with Crippen molar-refractivity contribution in [1.29, 1.82) is 0 Å². The van der Waals surface area contributed by atoms with Crippen molar-refractivity contribution in [2.45, 2.75) is 12.1 Å². The van der Waals surface area contributed by atoms with Crippen LogP contribution in [0.4, 0.5) is 4.39 Å². The lowest BCUT2D eigenvalue weighted by Gasteiger charge is -2.20. The van der Waals surface area contributed by atoms with Crippen molar-refractivity contribution in [2.24, 2.45) is 10.9 Å². The number of carbonyl (C=O) groups excluding carboxylic acids is 1. The predicted octanol–water partition coefficient (Wildman–Crippen LogP) is 1.58. The lowest BCUT2D eigenvalue weighted by Crippen LogP contribution is -2.31. The molecule has 0 fully saturated rings. The van der Waals surface area contributed by atoms with Gasteiger partial charge in [0.2, 0.25) is 0 Å². The average molecular weight is 240 g/mol. The van der Waals surface area contributed by atoms with Crippen molar-refractivity contribution >= 4 is 5.91 Å². The maximum Gasteiger partial charge on any atom is 0.316 e. The first-order chi connectivity index (χ1) is 8.13. The van der Waals surface area contributed by atoms with Gasteiger partial charge in [0.05, 0.1) is 12.1 Å². The monoisotopic (exact) mass is 240 g/mol. The molecule has 1 rings (SSSR count). The molecule has 2 unspecified atom stereocenters. The summed E-state index contributed by atoms with van der Waals surface area (Å²) < 4.78 is 17.5. The van der Waals surface area contributed by atoms with Crippen LogP contribution in [0.3, 0.4) is 0 Å². The van der Waals surface area contributed by atoms with Crippen molar-refractivity contribution in [3.63, 3.8) is 0 Å². The first kappa shape index (κ1) is 13.4. The van der Waals surface area contributed by atoms with Gasteiger partial charge in [-0.25, -0.2) is 4.39 Å². The van der Waals surface area contributed by atoms with E-state index in [9.17, 15) is 14.1 Å². The molecule has 5 nitrogen and oxygen atoms in total. The second kappa shape index (κ2) is 6.17. The fourth-order valence-electron chi connectivity index (χ4n) is 1.51. The fraction of sp³-hybridized carbons (Fsp3) is 0.364. The van der Waals surface area contributed by atoms with Crippen molar-refractivity contribution in [3.05, 3.63) is 40.3 Å². The van der Waals surface area contributed by atoms with Crippen LogP contribution in [0, 0.1) is 4.91 Å². The molecule has 6 heteroatoms. The van der Waals surface area contributed by atoms with Gasteiger partial charge in [-0.1, -0.05) is 12.1 Å². The number of alkyl halides is 1. The molecule has 0 aromatic heterocycles. The zero-order chi connectivity index (χ0) is 12.8. The van der Waals surface area contributed by atoms with Crippen LogP contribution in [0.1, 0.15) is 22.0 Å². The Hall–Kier alpha value is -1.66. The number of nitrogens with zero attached hydrogens (tertiary/aromatic N) is 1. The molecular weight excluding hydrogens is 227 g/mol. The van der Waals surface area contributed by atoms with E-state index >= 15 is 0 Å². The Bertz CT molecular complexity index is 394. The van der Waals surface area contributed by atoms with Crippen LogP contribution in [-0.4, -0.2) is 25.7 Å². The molecule has 1 aromatic carbocycles. The lowest BCUT2D eigenvalue weighted by molar-refractivity contribution is 0.0720. The zero-order valence-corrected chi connectivity index (χ0v) is 9.30. The van der Waals surface area contributed by atoms with E-state index in [1.54, 1.807) is 12.1 Å². The van der Waals surface area contributed by atoms with Gasteiger partial charge in [0, 0.05) is 17.9 Å². The third-order valence-corrected chi connectivity index (χ3v) is 2.39. The Morgan fingerprint density at radius 2 is 2.06 bits per heavy atom. The van der Waals surface area contributed by atoms with Crippen LogP contribution in [0.25, 0.3) is 0 Å². The fourth-order valence-corrected chi connectivity index (χ4v) is 1.51. The highest BCUT2D eigenvalue weighted by atomic mass is 19.1. The molecule has 0 bridgehead atoms. The van der Waals surface area contributed by atoms with Crippen molar-refractivity contribution in [2.75, 3.05) is 13.8 Å². The van der Waals surface area contributed by atoms with Gasteiger partial charge in [-0.05, 0) is 17.7 Å². The summed E-state index contributed by atoms with van der Waals surface area (Å²) in [6.07, 6.45) is -0.589. The van der Waals surface area contributed by atoms with E-state index < -0.39 is 24.7 Å². The number of carbonyl (C=O) groups is 1. The van der Waals surface area contributed by atoms with E-state index in [0.29, 0.717) is 5.56 Å². The number of amides is 1. The molecule has 17 heavy (non-hydrogen) atoms. The molecule has 0 aliphatic heterocycles. The molecule has 0 aliphatic rings. The summed E-state index contributed by atoms with van der Waals surface area (Å²) in [7, 11) is 1.42. The number of halogens is 1. The number of rotatable bonds is 5. The number of nitroso groups, excluding NO2 is 1. The van der Waals surface area contributed by atoms with Crippen LogP contribution < -0.4 is 5.73 Å². The van der Waals surface area contributed by atoms with Gasteiger partial charge in [-0.2, -0.15) is 0 Å². The summed E-state index contributed by atoms with van der Waals surface area (Å²) in [6.45, 7) is -0.713. The number of methoxy groups -OCH3 is 1. The number of benzene rings is 1. The van der Waals surface area contributed by atoms with Gasteiger partial charge >= 0.3 is 5.91 Å². The van der Waals surface area contributed by atoms with E-state index in [-0.39, 0.29) is 5.56 Å². The molecule has 0 saturated carbocycles. The summed E-state index contributed by atoms with van der Waals surface area (Å²) >= 11 is 0. The molecule has 1 aromatic rings. The third-order valence-electron chi connectivity index (χ3n) is 2.39. The van der Waals surface area contributed by atoms with Crippen LogP contribution in [0.15, 0.2) is 29.4 Å². The minimum atomic E-state index is -0.847. The highest BCUT2D eigenvalue weighted by molar-refractivity contribution is 5.94. The Kier molecular flexibility index (Phi) is 4.86. The molecule has 0 radical (unpaired) electrons. The van der Waals surface area contributed by atoms with Gasteiger partial charge < -0.3 is 10.5 Å². The summed E-state index contributed by atoms with van der Waals surface area (Å²) in [5, 5.41) is 2.30. The molecule has 0 heterocycles. The van der Waals surface area contributed by atoms with Gasteiger partial charge in [0.1, 0.15) is 6.67 Å². The molecule has 2 atom stereocenters. The van der Waals surface area contributed by atoms with Gasteiger partial charge in [0.25, 0.3) is 0 Å². The van der Waals surface area contributed by atoms with Gasteiger partial charge in [0.15, 0.2) is 0 Å². The van der Waals surface area contributed by atoms with Gasteiger partial charge in [-0.3, -0.25) is 4.79 Å². The maximum absolute atomic E-state index is 12.5. The Balaban J connectivity index is 2.92. The molecule has 0 saturated heterocycles. The van der Waals surface area contributed by atoms with Crippen LogP contribution in [0.2, 0.25) is 0 Å². The topological polar surface area (TPSA) is 81.8 Å². The number of ether oxygens (including phenoxy) is 1. The van der Waals surface area contributed by atoms with E-state index in [1.807, 2.05) is 0 Å². The second-order valence-corrected chi connectivity index (χ2v) is 3.49. The molecule has 0 aliphatic carbocycles. The smallest absolute Gasteiger partial charge is 0.316 e. The number of hydrogen-bond acceptors (Lipinski definition) is 4. The van der Waals surface area contributed by atoms with Crippen LogP contribution in [-0.2, 0) is 4.74 Å². The standard InChI is InChI=1S/C11H13FN2O3/c1-17-10(9(13)6-12)7-2-4-8(5-3-7)11(15)14-16/h2-5,9-10H,6,13H2,1H3. The minimum Gasteiger partial charge on any atom is -0.375 e. The first-order valence-electron chi connectivity index (χ1n) is 4.96. The molecule has 2 N–H and O–H groups in total. The molecule has 92 valence electrons. The van der Waals surface area contributed by atoms with Crippen LogP contribution >= 0.6 is 0 Å². The molecular formula is C11H13FN2O3. The highest BCUT2D eigenvalue weighted by Gasteiger charge is 2.19. The lowest BCUT2D eigenvalue weighted by atomic mass is 10.0. The Morgan fingerprint density at radius 1 is 1.47 bits per heavy atom. The largest absolute Gasteiger partial charge is 0.375 e. The summed E-state index contributed by atoms with van der Waals surface area (Å²) in [5.41, 5.74) is 6.36. The number of hydrogen-bond donors (Lipinski definition) is 1. The average Bonchev–Trinajstić information content (AvgIpc) is 2.39. The SMILES string of the molecule is COC(c1ccc(C(=O)N=O)cc1)C(N)CF. The summed E-state index contributed by atoms with van der Waals surface area (Å²) in [4.78, 5) is 21.0. The summed E-state index contributed by atoms with van der Waals surface area (Å²) in [6, 6.07) is 5.20. The van der Waals surface area contributed by atoms with Gasteiger partial charge in [-0.15, -0.1) is 4.91 Å². The normalized spacial score (nSPS) is 14.1. The predicted molar refractivity (Wildman–Crippen MR) is 60.3 cm³/mol. The zero-order valence-electron chi connectivity index (χ0n) is 9.30. The quantitative estimate of drug-likeness (QED) is 0.792. The van der Waals surface area contributed by atoms with Crippen LogP contribution in [0.5, 0.6) is 0 Å². The Labute approximate surface area is 97.7 Å². The molecule has 1 amide bonds. The summed E-state index contributed by atoms with van der Waals surface area (Å²) in [5.74, 6) is -0.847. The minimum absolute atomic E-state index is 0.174. The maximum atomic E-state index is 12.5. The van der Waals surface area contributed by atoms with E-state index in [0.717, 1.165) is 0 Å². The second-order valence-electron chi connectivity index (χ2n) is 3.49. The van der Waals surface area contributed by atoms with E-state index in [4.69, 9.17) is 10.5 Å². The van der Waals surface area contributed by atoms with Crippen molar-refractivity contribution < 1.29 is 13.9 Å². The highest BCUT2D eigenvalue weighted by Crippen LogP contribution is 2.20. The third kappa shape index (κ3) is 3.15. The number of nitrogens with two attached hydrogens (primary N) is 1. The Morgan fingerprint density at radius 3 is 2.47 bits per heavy atom.